The molecule has 0 fully saturated rings. The van der Waals surface area contributed by atoms with Crippen molar-refractivity contribution >= 4 is 29.1 Å². The topological polar surface area (TPSA) is 52.4 Å². The predicted molar refractivity (Wildman–Crippen MR) is 83.4 cm³/mol. The highest BCUT2D eigenvalue weighted by Gasteiger charge is 2.25. The Kier molecular flexibility index (Phi) is 4.03. The van der Waals surface area contributed by atoms with Crippen LogP contribution in [0.5, 0.6) is 5.75 Å². The van der Waals surface area contributed by atoms with Crippen LogP contribution in [0.3, 0.4) is 0 Å². The van der Waals surface area contributed by atoms with Crippen LogP contribution in [0.2, 0.25) is 5.02 Å². The minimum Gasteiger partial charge on any atom is -0.485 e. The quantitative estimate of drug-likeness (QED) is 0.620. The number of nitro benzene ring substituents is 1. The maximum atomic E-state index is 11.0. The first kappa shape index (κ1) is 14.2. The summed E-state index contributed by atoms with van der Waals surface area (Å²) < 4.78 is 5.65. The first-order valence-corrected chi connectivity index (χ1v) is 7.71. The highest BCUT2D eigenvalue weighted by atomic mass is 35.5. The lowest BCUT2D eigenvalue weighted by Crippen LogP contribution is -2.14. The molecule has 2 aromatic carbocycles. The molecule has 0 amide bonds. The SMILES string of the molecule is O=[N+]([O-])c1cccc(Cl)c1OCC1Cc2ccccc2S1. The van der Waals surface area contributed by atoms with Crippen molar-refractivity contribution in [3.8, 4) is 5.75 Å². The van der Waals surface area contributed by atoms with Gasteiger partial charge in [0.15, 0.2) is 0 Å². The highest BCUT2D eigenvalue weighted by molar-refractivity contribution is 8.00. The van der Waals surface area contributed by atoms with Crippen molar-refractivity contribution in [2.24, 2.45) is 0 Å². The molecular formula is C15H12ClNO3S. The Bertz CT molecular complexity index is 667. The highest BCUT2D eigenvalue weighted by Crippen LogP contribution is 2.39. The lowest BCUT2D eigenvalue weighted by Gasteiger charge is -2.12. The summed E-state index contributed by atoms with van der Waals surface area (Å²) >= 11 is 7.75. The van der Waals surface area contributed by atoms with Crippen molar-refractivity contribution < 1.29 is 9.66 Å². The van der Waals surface area contributed by atoms with E-state index in [1.54, 1.807) is 23.9 Å². The fourth-order valence-electron chi connectivity index (χ4n) is 2.31. The van der Waals surface area contributed by atoms with E-state index in [0.29, 0.717) is 6.61 Å². The Labute approximate surface area is 131 Å². The van der Waals surface area contributed by atoms with Gasteiger partial charge >= 0.3 is 5.69 Å². The number of fused-ring (bicyclic) bond motifs is 1. The van der Waals surface area contributed by atoms with Gasteiger partial charge in [-0.25, -0.2) is 0 Å². The van der Waals surface area contributed by atoms with Crippen LogP contribution in [-0.4, -0.2) is 16.8 Å². The molecule has 1 unspecified atom stereocenters. The predicted octanol–water partition coefficient (Wildman–Crippen LogP) is 4.34. The van der Waals surface area contributed by atoms with Gasteiger partial charge < -0.3 is 4.74 Å². The Hall–Kier alpha value is -1.72. The molecule has 108 valence electrons. The second kappa shape index (κ2) is 5.95. The van der Waals surface area contributed by atoms with E-state index in [-0.39, 0.29) is 21.7 Å². The van der Waals surface area contributed by atoms with Crippen LogP contribution in [0, 0.1) is 10.1 Å². The van der Waals surface area contributed by atoms with E-state index in [1.807, 2.05) is 12.1 Å². The Morgan fingerprint density at radius 1 is 1.29 bits per heavy atom. The normalized spacial score (nSPS) is 16.5. The van der Waals surface area contributed by atoms with Gasteiger partial charge in [0.05, 0.1) is 9.95 Å². The zero-order chi connectivity index (χ0) is 14.8. The number of hydrogen-bond acceptors (Lipinski definition) is 4. The fourth-order valence-corrected chi connectivity index (χ4v) is 3.75. The van der Waals surface area contributed by atoms with Crippen LogP contribution in [0.25, 0.3) is 0 Å². The van der Waals surface area contributed by atoms with E-state index in [2.05, 4.69) is 12.1 Å². The first-order chi connectivity index (χ1) is 10.1. The molecule has 4 nitrogen and oxygen atoms in total. The molecule has 1 heterocycles. The second-order valence-electron chi connectivity index (χ2n) is 4.71. The van der Waals surface area contributed by atoms with E-state index in [1.165, 1.54) is 16.5 Å². The van der Waals surface area contributed by atoms with Crippen molar-refractivity contribution in [1.29, 1.82) is 0 Å². The van der Waals surface area contributed by atoms with Crippen LogP contribution in [0.15, 0.2) is 47.4 Å². The lowest BCUT2D eigenvalue weighted by atomic mass is 10.1. The summed E-state index contributed by atoms with van der Waals surface area (Å²) in [6, 6.07) is 12.7. The molecule has 21 heavy (non-hydrogen) atoms. The van der Waals surface area contributed by atoms with Gasteiger partial charge in [0.2, 0.25) is 5.75 Å². The Morgan fingerprint density at radius 2 is 2.10 bits per heavy atom. The van der Waals surface area contributed by atoms with Crippen molar-refractivity contribution in [2.45, 2.75) is 16.6 Å². The molecular weight excluding hydrogens is 310 g/mol. The maximum Gasteiger partial charge on any atom is 0.312 e. The number of nitrogens with zero attached hydrogens (tertiary/aromatic N) is 1. The van der Waals surface area contributed by atoms with Gasteiger partial charge in [-0.3, -0.25) is 10.1 Å². The van der Waals surface area contributed by atoms with Crippen LogP contribution in [0.4, 0.5) is 5.69 Å². The Balaban J connectivity index is 1.71. The molecule has 0 bridgehead atoms. The minimum atomic E-state index is -0.474. The third-order valence-electron chi connectivity index (χ3n) is 3.27. The fraction of sp³-hybridized carbons (Fsp3) is 0.200. The number of thioether (sulfide) groups is 1. The van der Waals surface area contributed by atoms with Gasteiger partial charge in [-0.05, 0) is 24.1 Å². The molecule has 0 saturated heterocycles. The molecule has 1 atom stereocenters. The van der Waals surface area contributed by atoms with Crippen molar-refractivity contribution in [2.75, 3.05) is 6.61 Å². The molecule has 3 rings (SSSR count). The minimum absolute atomic E-state index is 0.0944. The van der Waals surface area contributed by atoms with E-state index >= 15 is 0 Å². The number of nitro groups is 1. The number of halogens is 1. The average molecular weight is 322 g/mol. The Morgan fingerprint density at radius 3 is 2.86 bits per heavy atom. The number of benzene rings is 2. The van der Waals surface area contributed by atoms with Crippen molar-refractivity contribution in [1.82, 2.24) is 0 Å². The van der Waals surface area contributed by atoms with Crippen LogP contribution < -0.4 is 4.74 Å². The van der Waals surface area contributed by atoms with E-state index in [0.717, 1.165) is 6.42 Å². The molecule has 0 saturated carbocycles. The molecule has 1 aliphatic heterocycles. The summed E-state index contributed by atoms with van der Waals surface area (Å²) in [5.41, 5.74) is 1.20. The summed E-state index contributed by atoms with van der Waals surface area (Å²) in [6.07, 6.45) is 0.902. The molecule has 0 aliphatic carbocycles. The summed E-state index contributed by atoms with van der Waals surface area (Å²) in [5, 5.41) is 11.5. The smallest absolute Gasteiger partial charge is 0.312 e. The van der Waals surface area contributed by atoms with Gasteiger partial charge in [0.1, 0.15) is 6.61 Å². The monoisotopic (exact) mass is 321 g/mol. The van der Waals surface area contributed by atoms with Crippen LogP contribution in [-0.2, 0) is 6.42 Å². The summed E-state index contributed by atoms with van der Waals surface area (Å²) in [5.74, 6) is 0.153. The molecule has 0 N–H and O–H groups in total. The third kappa shape index (κ3) is 2.99. The van der Waals surface area contributed by atoms with Gasteiger partial charge in [-0.1, -0.05) is 35.9 Å². The van der Waals surface area contributed by atoms with E-state index < -0.39 is 4.92 Å². The summed E-state index contributed by atoms with van der Waals surface area (Å²) in [6.45, 7) is 0.393. The second-order valence-corrected chi connectivity index (χ2v) is 6.46. The largest absolute Gasteiger partial charge is 0.485 e. The molecule has 0 radical (unpaired) electrons. The zero-order valence-corrected chi connectivity index (χ0v) is 12.6. The van der Waals surface area contributed by atoms with Gasteiger partial charge in [-0.2, -0.15) is 0 Å². The first-order valence-electron chi connectivity index (χ1n) is 6.45. The number of rotatable bonds is 4. The average Bonchev–Trinajstić information content (AvgIpc) is 2.88. The summed E-state index contributed by atoms with van der Waals surface area (Å²) in [4.78, 5) is 11.8. The lowest BCUT2D eigenvalue weighted by molar-refractivity contribution is -0.385. The molecule has 0 spiro atoms. The van der Waals surface area contributed by atoms with Gasteiger partial charge in [0, 0.05) is 16.2 Å². The number of hydrogen-bond donors (Lipinski definition) is 0. The van der Waals surface area contributed by atoms with Gasteiger partial charge in [0.25, 0.3) is 0 Å². The number of ether oxygens (including phenoxy) is 1. The van der Waals surface area contributed by atoms with Crippen molar-refractivity contribution in [3.05, 3.63) is 63.2 Å². The van der Waals surface area contributed by atoms with Crippen LogP contribution >= 0.6 is 23.4 Å². The van der Waals surface area contributed by atoms with E-state index in [4.69, 9.17) is 16.3 Å². The molecule has 6 heteroatoms. The van der Waals surface area contributed by atoms with Crippen LogP contribution in [0.1, 0.15) is 5.56 Å². The number of para-hydroxylation sites is 1. The zero-order valence-electron chi connectivity index (χ0n) is 11.0. The standard InChI is InChI=1S/C15H12ClNO3S/c16-12-5-3-6-13(17(18)19)15(12)20-9-11-8-10-4-1-2-7-14(10)21-11/h1-7,11H,8-9H2. The van der Waals surface area contributed by atoms with E-state index in [9.17, 15) is 10.1 Å². The summed E-state index contributed by atoms with van der Waals surface area (Å²) in [7, 11) is 0. The molecule has 1 aliphatic rings. The molecule has 2 aromatic rings. The van der Waals surface area contributed by atoms with Crippen molar-refractivity contribution in [3.63, 3.8) is 0 Å². The maximum absolute atomic E-state index is 11.0. The van der Waals surface area contributed by atoms with Gasteiger partial charge in [-0.15, -0.1) is 11.8 Å². The molecule has 0 aromatic heterocycles. The third-order valence-corrected chi connectivity index (χ3v) is 4.86.